The number of hydrogen-bond donors (Lipinski definition) is 0. The van der Waals surface area contributed by atoms with Gasteiger partial charge >= 0.3 is 5.97 Å². The van der Waals surface area contributed by atoms with Gasteiger partial charge in [-0.15, -0.1) is 0 Å². The molecule has 0 atom stereocenters. The second-order valence-electron chi connectivity index (χ2n) is 6.85. The standard InChI is InChI=1S/C20H42NO2.ClH/c1-5-9-10-11-12-13-14-15-16-17-18-23-20(22)19-21(6-2,7-3)8-4;/h5-19H2,1-4H3;1H/q+1;/p-1. The molecule has 0 aromatic carbocycles. The van der Waals surface area contributed by atoms with E-state index in [1.165, 1.54) is 57.8 Å². The molecule has 0 aromatic rings. The summed E-state index contributed by atoms with van der Waals surface area (Å²) in [6.07, 6.45) is 13.1. The Bertz CT molecular complexity index is 273. The van der Waals surface area contributed by atoms with Crippen LogP contribution in [-0.4, -0.2) is 43.2 Å². The Kier molecular flexibility index (Phi) is 19.0. The van der Waals surface area contributed by atoms with E-state index in [4.69, 9.17) is 4.74 Å². The van der Waals surface area contributed by atoms with Crippen LogP contribution in [0.4, 0.5) is 0 Å². The molecule has 0 spiro atoms. The molecule has 0 amide bonds. The van der Waals surface area contributed by atoms with Crippen LogP contribution in [0, 0.1) is 0 Å². The maximum Gasteiger partial charge on any atom is 0.361 e. The van der Waals surface area contributed by atoms with Crippen LogP contribution in [-0.2, 0) is 9.53 Å². The second kappa shape index (κ2) is 17.5. The van der Waals surface area contributed by atoms with Crippen molar-refractivity contribution in [1.29, 1.82) is 0 Å². The summed E-state index contributed by atoms with van der Waals surface area (Å²) in [5, 5.41) is 0. The Hall–Kier alpha value is -0.280. The molecule has 0 aliphatic rings. The fourth-order valence-electron chi connectivity index (χ4n) is 3.10. The van der Waals surface area contributed by atoms with Crippen molar-refractivity contribution in [1.82, 2.24) is 0 Å². The van der Waals surface area contributed by atoms with Crippen molar-refractivity contribution < 1.29 is 26.4 Å². The minimum absolute atomic E-state index is 0. The maximum absolute atomic E-state index is 12.0. The highest BCUT2D eigenvalue weighted by Crippen LogP contribution is 2.11. The molecule has 0 aromatic heterocycles. The number of carbonyl (C=O) groups is 1. The Balaban J connectivity index is 0. The summed E-state index contributed by atoms with van der Waals surface area (Å²) in [6, 6.07) is 0. The number of rotatable bonds is 16. The smallest absolute Gasteiger partial charge is 0.361 e. The molecule has 24 heavy (non-hydrogen) atoms. The molecule has 4 heteroatoms. The van der Waals surface area contributed by atoms with E-state index in [2.05, 4.69) is 27.7 Å². The van der Waals surface area contributed by atoms with Gasteiger partial charge in [0.15, 0.2) is 6.54 Å². The van der Waals surface area contributed by atoms with E-state index in [9.17, 15) is 4.79 Å². The number of unbranched alkanes of at least 4 members (excludes halogenated alkanes) is 9. The molecular weight excluding hydrogens is 322 g/mol. The monoisotopic (exact) mass is 363 g/mol. The zero-order valence-corrected chi connectivity index (χ0v) is 17.5. The van der Waals surface area contributed by atoms with Crippen LogP contribution in [0.25, 0.3) is 0 Å². The van der Waals surface area contributed by atoms with Gasteiger partial charge in [0.1, 0.15) is 0 Å². The van der Waals surface area contributed by atoms with Crippen LogP contribution in [0.5, 0.6) is 0 Å². The van der Waals surface area contributed by atoms with E-state index in [1.807, 2.05) is 0 Å². The predicted octanol–water partition coefficient (Wildman–Crippen LogP) is 2.33. The molecule has 0 unspecified atom stereocenters. The van der Waals surface area contributed by atoms with Gasteiger partial charge in [-0.1, -0.05) is 64.7 Å². The summed E-state index contributed by atoms with van der Waals surface area (Å²) in [5.41, 5.74) is 0. The summed E-state index contributed by atoms with van der Waals surface area (Å²) in [7, 11) is 0. The summed E-state index contributed by atoms with van der Waals surface area (Å²) < 4.78 is 6.26. The number of quaternary nitrogens is 1. The quantitative estimate of drug-likeness (QED) is 0.239. The van der Waals surface area contributed by atoms with E-state index in [0.29, 0.717) is 13.2 Å². The molecule has 0 fully saturated rings. The lowest BCUT2D eigenvalue weighted by Gasteiger charge is -2.34. The lowest BCUT2D eigenvalue weighted by Crippen LogP contribution is -3.00. The van der Waals surface area contributed by atoms with E-state index >= 15 is 0 Å². The number of hydrogen-bond acceptors (Lipinski definition) is 2. The zero-order valence-electron chi connectivity index (χ0n) is 16.7. The molecule has 0 aliphatic carbocycles. The third-order valence-electron chi connectivity index (χ3n) is 5.24. The van der Waals surface area contributed by atoms with Crippen LogP contribution in [0.1, 0.15) is 91.9 Å². The number of likely N-dealkylation sites (N-methyl/N-ethyl adjacent to an activating group) is 1. The van der Waals surface area contributed by atoms with Gasteiger partial charge in [-0.3, -0.25) is 0 Å². The zero-order chi connectivity index (χ0) is 17.4. The Morgan fingerprint density at radius 2 is 1.12 bits per heavy atom. The van der Waals surface area contributed by atoms with Crippen molar-refractivity contribution in [2.24, 2.45) is 0 Å². The largest absolute Gasteiger partial charge is 1.00 e. The van der Waals surface area contributed by atoms with E-state index < -0.39 is 0 Å². The first kappa shape index (κ1) is 26.0. The highest BCUT2D eigenvalue weighted by molar-refractivity contribution is 5.70. The Morgan fingerprint density at radius 3 is 1.54 bits per heavy atom. The van der Waals surface area contributed by atoms with Gasteiger partial charge < -0.3 is 21.6 Å². The Labute approximate surface area is 157 Å². The fraction of sp³-hybridized carbons (Fsp3) is 0.950. The number of carbonyl (C=O) groups excluding carboxylic acids is 1. The predicted molar refractivity (Wildman–Crippen MR) is 99.6 cm³/mol. The summed E-state index contributed by atoms with van der Waals surface area (Å²) in [4.78, 5) is 12.0. The third kappa shape index (κ3) is 13.1. The van der Waals surface area contributed by atoms with E-state index in [0.717, 1.165) is 30.5 Å². The molecule has 0 N–H and O–H groups in total. The minimum atomic E-state index is -0.0218. The van der Waals surface area contributed by atoms with Gasteiger partial charge in [-0.05, 0) is 27.2 Å². The first-order valence-corrected chi connectivity index (χ1v) is 10.1. The SMILES string of the molecule is CCCCCCCCCCCCOC(=O)C[N+](CC)(CC)CC.[Cl-]. The molecule has 0 saturated carbocycles. The second-order valence-corrected chi connectivity index (χ2v) is 6.85. The first-order chi connectivity index (χ1) is 11.1. The van der Waals surface area contributed by atoms with Crippen LogP contribution in [0.15, 0.2) is 0 Å². The van der Waals surface area contributed by atoms with Gasteiger partial charge in [0.05, 0.1) is 26.2 Å². The van der Waals surface area contributed by atoms with Gasteiger partial charge in [-0.2, -0.15) is 0 Å². The first-order valence-electron chi connectivity index (χ1n) is 10.1. The third-order valence-corrected chi connectivity index (χ3v) is 5.24. The minimum Gasteiger partial charge on any atom is -1.00 e. The molecule has 0 radical (unpaired) electrons. The van der Waals surface area contributed by atoms with Crippen molar-refractivity contribution >= 4 is 5.97 Å². The summed E-state index contributed by atoms with van der Waals surface area (Å²) in [6.45, 7) is 12.9. The maximum atomic E-state index is 12.0. The number of nitrogens with zero attached hydrogens (tertiary/aromatic N) is 1. The topological polar surface area (TPSA) is 26.3 Å². The summed E-state index contributed by atoms with van der Waals surface area (Å²) >= 11 is 0. The molecule has 3 nitrogen and oxygen atoms in total. The molecule has 0 saturated heterocycles. The van der Waals surface area contributed by atoms with Crippen molar-refractivity contribution in [2.45, 2.75) is 91.9 Å². The highest BCUT2D eigenvalue weighted by Gasteiger charge is 2.25. The fourth-order valence-corrected chi connectivity index (χ4v) is 3.10. The molecular formula is C20H42ClNO2. The van der Waals surface area contributed by atoms with Gasteiger partial charge in [-0.25, -0.2) is 4.79 Å². The van der Waals surface area contributed by atoms with Crippen molar-refractivity contribution in [3.05, 3.63) is 0 Å². The van der Waals surface area contributed by atoms with Gasteiger partial charge in [0, 0.05) is 0 Å². The van der Waals surface area contributed by atoms with Crippen molar-refractivity contribution in [3.63, 3.8) is 0 Å². The van der Waals surface area contributed by atoms with Crippen LogP contribution in [0.3, 0.4) is 0 Å². The molecule has 146 valence electrons. The molecule has 0 heterocycles. The van der Waals surface area contributed by atoms with Crippen LogP contribution >= 0.6 is 0 Å². The normalized spacial score (nSPS) is 11.2. The lowest BCUT2D eigenvalue weighted by molar-refractivity contribution is -0.916. The van der Waals surface area contributed by atoms with Gasteiger partial charge in [0.2, 0.25) is 0 Å². The van der Waals surface area contributed by atoms with Crippen LogP contribution < -0.4 is 12.4 Å². The summed E-state index contributed by atoms with van der Waals surface area (Å²) in [5.74, 6) is -0.0218. The van der Waals surface area contributed by atoms with Crippen LogP contribution in [0.2, 0.25) is 0 Å². The number of halogens is 1. The lowest BCUT2D eigenvalue weighted by atomic mass is 10.1. The number of esters is 1. The highest BCUT2D eigenvalue weighted by atomic mass is 35.5. The number of ether oxygens (including phenoxy) is 1. The van der Waals surface area contributed by atoms with E-state index in [1.54, 1.807) is 0 Å². The van der Waals surface area contributed by atoms with E-state index in [-0.39, 0.29) is 18.4 Å². The van der Waals surface area contributed by atoms with Crippen molar-refractivity contribution in [2.75, 3.05) is 32.8 Å². The van der Waals surface area contributed by atoms with Gasteiger partial charge in [0.25, 0.3) is 0 Å². The molecule has 0 aliphatic heterocycles. The Morgan fingerprint density at radius 1 is 0.708 bits per heavy atom. The molecule has 0 bridgehead atoms. The van der Waals surface area contributed by atoms with Crippen molar-refractivity contribution in [3.8, 4) is 0 Å². The average molecular weight is 364 g/mol. The average Bonchev–Trinajstić information content (AvgIpc) is 2.57. The molecule has 0 rings (SSSR count).